The van der Waals surface area contributed by atoms with Crippen molar-refractivity contribution in [1.82, 2.24) is 14.7 Å². The highest BCUT2D eigenvalue weighted by Crippen LogP contribution is 2.11. The molecule has 1 heterocycles. The van der Waals surface area contributed by atoms with Crippen LogP contribution in [-0.2, 0) is 0 Å². The van der Waals surface area contributed by atoms with Gasteiger partial charge in [-0.1, -0.05) is 12.1 Å². The number of carbonyl (C=O) groups excluding carboxylic acids is 2. The molecule has 0 fully saturated rings. The summed E-state index contributed by atoms with van der Waals surface area (Å²) in [6.45, 7) is 1.52. The SMILES string of the molecule is CC(=O)c1cccc(-n2ccc(C(=O)N(C)C)n2)c1. The van der Waals surface area contributed by atoms with Crippen molar-refractivity contribution >= 4 is 11.7 Å². The molecule has 0 aliphatic carbocycles. The summed E-state index contributed by atoms with van der Waals surface area (Å²) < 4.78 is 1.59. The van der Waals surface area contributed by atoms with E-state index in [1.807, 2.05) is 6.07 Å². The molecule has 0 unspecified atom stereocenters. The van der Waals surface area contributed by atoms with Crippen LogP contribution < -0.4 is 0 Å². The summed E-state index contributed by atoms with van der Waals surface area (Å²) in [5, 5.41) is 4.22. The van der Waals surface area contributed by atoms with Crippen molar-refractivity contribution in [2.24, 2.45) is 0 Å². The van der Waals surface area contributed by atoms with Gasteiger partial charge in [-0.05, 0) is 25.1 Å². The van der Waals surface area contributed by atoms with Gasteiger partial charge < -0.3 is 4.90 Å². The smallest absolute Gasteiger partial charge is 0.273 e. The highest BCUT2D eigenvalue weighted by molar-refractivity contribution is 5.94. The van der Waals surface area contributed by atoms with E-state index in [0.717, 1.165) is 5.69 Å². The maximum atomic E-state index is 11.8. The van der Waals surface area contributed by atoms with Gasteiger partial charge in [-0.3, -0.25) is 9.59 Å². The molecule has 0 aliphatic heterocycles. The standard InChI is InChI=1S/C14H15N3O2/c1-10(18)11-5-4-6-12(9-11)17-8-7-13(15-17)14(19)16(2)3/h4-9H,1-3H3. The van der Waals surface area contributed by atoms with Crippen LogP contribution in [0.3, 0.4) is 0 Å². The Balaban J connectivity index is 2.35. The van der Waals surface area contributed by atoms with E-state index in [9.17, 15) is 9.59 Å². The maximum absolute atomic E-state index is 11.8. The average molecular weight is 257 g/mol. The van der Waals surface area contributed by atoms with Gasteiger partial charge in [0, 0.05) is 25.9 Å². The predicted octanol–water partition coefficient (Wildman–Crippen LogP) is 1.78. The fraction of sp³-hybridized carbons (Fsp3) is 0.214. The summed E-state index contributed by atoms with van der Waals surface area (Å²) in [6, 6.07) is 8.79. The third-order valence-electron chi connectivity index (χ3n) is 2.73. The molecule has 5 heteroatoms. The van der Waals surface area contributed by atoms with Crippen LogP contribution in [0.25, 0.3) is 5.69 Å². The van der Waals surface area contributed by atoms with Crippen molar-refractivity contribution in [3.63, 3.8) is 0 Å². The molecule has 98 valence electrons. The first-order valence-electron chi connectivity index (χ1n) is 5.88. The summed E-state index contributed by atoms with van der Waals surface area (Å²) in [6.07, 6.45) is 1.70. The second-order valence-corrected chi connectivity index (χ2v) is 4.45. The highest BCUT2D eigenvalue weighted by Gasteiger charge is 2.12. The summed E-state index contributed by atoms with van der Waals surface area (Å²) in [7, 11) is 3.36. The van der Waals surface area contributed by atoms with Crippen molar-refractivity contribution in [1.29, 1.82) is 0 Å². The fourth-order valence-corrected chi connectivity index (χ4v) is 1.68. The Bertz CT molecular complexity index is 629. The van der Waals surface area contributed by atoms with Gasteiger partial charge in [-0.15, -0.1) is 0 Å². The van der Waals surface area contributed by atoms with Crippen molar-refractivity contribution in [2.45, 2.75) is 6.92 Å². The lowest BCUT2D eigenvalue weighted by molar-refractivity contribution is 0.0821. The molecule has 1 aromatic heterocycles. The molecule has 2 aromatic rings. The van der Waals surface area contributed by atoms with E-state index in [1.54, 1.807) is 49.2 Å². The second-order valence-electron chi connectivity index (χ2n) is 4.45. The summed E-state index contributed by atoms with van der Waals surface area (Å²) in [4.78, 5) is 24.6. The zero-order chi connectivity index (χ0) is 14.0. The van der Waals surface area contributed by atoms with Gasteiger partial charge in [-0.2, -0.15) is 5.10 Å². The third-order valence-corrected chi connectivity index (χ3v) is 2.73. The van der Waals surface area contributed by atoms with Crippen LogP contribution in [0.5, 0.6) is 0 Å². The van der Waals surface area contributed by atoms with Crippen molar-refractivity contribution in [3.05, 3.63) is 47.8 Å². The Morgan fingerprint density at radius 3 is 2.58 bits per heavy atom. The van der Waals surface area contributed by atoms with Gasteiger partial charge >= 0.3 is 0 Å². The van der Waals surface area contributed by atoms with Crippen LogP contribution in [-0.4, -0.2) is 40.5 Å². The molecular weight excluding hydrogens is 242 g/mol. The molecular formula is C14H15N3O2. The third kappa shape index (κ3) is 2.70. The van der Waals surface area contributed by atoms with Crippen LogP contribution in [0.4, 0.5) is 0 Å². The molecule has 2 rings (SSSR count). The van der Waals surface area contributed by atoms with Crippen LogP contribution >= 0.6 is 0 Å². The monoisotopic (exact) mass is 257 g/mol. The van der Waals surface area contributed by atoms with E-state index < -0.39 is 0 Å². The van der Waals surface area contributed by atoms with Crippen LogP contribution in [0.15, 0.2) is 36.5 Å². The number of hydrogen-bond acceptors (Lipinski definition) is 3. The quantitative estimate of drug-likeness (QED) is 0.787. The Hall–Kier alpha value is -2.43. The van der Waals surface area contributed by atoms with Gasteiger partial charge in [-0.25, -0.2) is 4.68 Å². The number of nitrogens with zero attached hydrogens (tertiary/aromatic N) is 3. The fourth-order valence-electron chi connectivity index (χ4n) is 1.68. The second kappa shape index (κ2) is 5.06. The van der Waals surface area contributed by atoms with Crippen LogP contribution in [0, 0.1) is 0 Å². The molecule has 0 spiro atoms. The number of hydrogen-bond donors (Lipinski definition) is 0. The first-order valence-corrected chi connectivity index (χ1v) is 5.88. The maximum Gasteiger partial charge on any atom is 0.273 e. The van der Waals surface area contributed by atoms with Gasteiger partial charge in [0.15, 0.2) is 11.5 Å². The van der Waals surface area contributed by atoms with E-state index in [1.165, 1.54) is 11.8 Å². The van der Waals surface area contributed by atoms with E-state index >= 15 is 0 Å². The lowest BCUT2D eigenvalue weighted by atomic mass is 10.1. The van der Waals surface area contributed by atoms with Gasteiger partial charge in [0.2, 0.25) is 0 Å². The lowest BCUT2D eigenvalue weighted by Crippen LogP contribution is -2.22. The minimum atomic E-state index is -0.151. The van der Waals surface area contributed by atoms with Crippen LogP contribution in [0.2, 0.25) is 0 Å². The Morgan fingerprint density at radius 1 is 1.21 bits per heavy atom. The Morgan fingerprint density at radius 2 is 1.95 bits per heavy atom. The van der Waals surface area contributed by atoms with E-state index in [0.29, 0.717) is 11.3 Å². The van der Waals surface area contributed by atoms with E-state index in [-0.39, 0.29) is 11.7 Å². The molecule has 0 N–H and O–H groups in total. The topological polar surface area (TPSA) is 55.2 Å². The Labute approximate surface area is 111 Å². The Kier molecular flexibility index (Phi) is 3.46. The van der Waals surface area contributed by atoms with Crippen LogP contribution in [0.1, 0.15) is 27.8 Å². The number of rotatable bonds is 3. The summed E-state index contributed by atoms with van der Waals surface area (Å²) in [5.41, 5.74) is 1.75. The van der Waals surface area contributed by atoms with Crippen molar-refractivity contribution in [3.8, 4) is 5.69 Å². The first kappa shape index (κ1) is 13.0. The molecule has 0 radical (unpaired) electrons. The normalized spacial score (nSPS) is 10.3. The number of carbonyl (C=O) groups is 2. The minimum absolute atomic E-state index is 0.00130. The zero-order valence-electron chi connectivity index (χ0n) is 11.1. The molecule has 0 bridgehead atoms. The van der Waals surface area contributed by atoms with Gasteiger partial charge in [0.05, 0.1) is 5.69 Å². The number of benzene rings is 1. The van der Waals surface area contributed by atoms with Gasteiger partial charge in [0.25, 0.3) is 5.91 Å². The molecule has 1 aromatic carbocycles. The number of ketones is 1. The number of aromatic nitrogens is 2. The molecule has 0 saturated carbocycles. The predicted molar refractivity (Wildman–Crippen MR) is 71.6 cm³/mol. The average Bonchev–Trinajstić information content (AvgIpc) is 2.87. The largest absolute Gasteiger partial charge is 0.343 e. The lowest BCUT2D eigenvalue weighted by Gasteiger charge is -2.07. The number of Topliss-reactive ketones (excluding diaryl/α,β-unsaturated/α-hetero) is 1. The first-order chi connectivity index (χ1) is 8.99. The molecule has 0 saturated heterocycles. The molecule has 19 heavy (non-hydrogen) atoms. The summed E-state index contributed by atoms with van der Waals surface area (Å²) in [5.74, 6) is -0.153. The van der Waals surface area contributed by atoms with Crippen molar-refractivity contribution in [2.75, 3.05) is 14.1 Å². The number of amides is 1. The van der Waals surface area contributed by atoms with Crippen molar-refractivity contribution < 1.29 is 9.59 Å². The zero-order valence-corrected chi connectivity index (χ0v) is 11.1. The summed E-state index contributed by atoms with van der Waals surface area (Å²) >= 11 is 0. The highest BCUT2D eigenvalue weighted by atomic mass is 16.2. The van der Waals surface area contributed by atoms with E-state index in [4.69, 9.17) is 0 Å². The van der Waals surface area contributed by atoms with Gasteiger partial charge in [0.1, 0.15) is 0 Å². The van der Waals surface area contributed by atoms with E-state index in [2.05, 4.69) is 5.10 Å². The minimum Gasteiger partial charge on any atom is -0.343 e. The molecule has 0 aliphatic rings. The molecule has 5 nitrogen and oxygen atoms in total. The molecule has 1 amide bonds. The molecule has 0 atom stereocenters.